The van der Waals surface area contributed by atoms with Crippen LogP contribution in [-0.2, 0) is 33.3 Å². The average Bonchev–Trinajstić information content (AvgIpc) is 3.38. The Morgan fingerprint density at radius 2 is 0.760 bits per heavy atom. The number of rotatable bonds is 56. The molecule has 0 rings (SSSR count). The van der Waals surface area contributed by atoms with E-state index in [1.54, 1.807) is 0 Å². The third-order valence-electron chi connectivity index (χ3n) is 13.2. The van der Waals surface area contributed by atoms with Crippen LogP contribution in [0, 0.1) is 0 Å². The van der Waals surface area contributed by atoms with E-state index < -0.39 is 24.3 Å². The molecule has 0 saturated carbocycles. The first kappa shape index (κ1) is 71.5. The van der Waals surface area contributed by atoms with Crippen molar-refractivity contribution >= 4 is 17.9 Å². The van der Waals surface area contributed by atoms with E-state index in [0.717, 1.165) is 83.5 Å². The van der Waals surface area contributed by atoms with Gasteiger partial charge in [0.1, 0.15) is 13.2 Å². The zero-order valence-corrected chi connectivity index (χ0v) is 49.1. The van der Waals surface area contributed by atoms with Crippen LogP contribution in [0.3, 0.4) is 0 Å². The summed E-state index contributed by atoms with van der Waals surface area (Å²) in [5.41, 5.74) is 0. The molecule has 9 heteroatoms. The molecule has 2 atom stereocenters. The van der Waals surface area contributed by atoms with Gasteiger partial charge in [-0.05, 0) is 70.6 Å². The molecule has 0 N–H and O–H groups in total. The number of hydrogen-bond acceptors (Lipinski definition) is 8. The number of allylic oxidation sites excluding steroid dienone is 14. The third kappa shape index (κ3) is 58.0. The third-order valence-corrected chi connectivity index (χ3v) is 13.2. The summed E-state index contributed by atoms with van der Waals surface area (Å²) in [6.45, 7) is 4.62. The van der Waals surface area contributed by atoms with Crippen molar-refractivity contribution in [2.24, 2.45) is 0 Å². The number of carbonyl (C=O) groups is 3. The molecule has 2 unspecified atom stereocenters. The van der Waals surface area contributed by atoms with Crippen molar-refractivity contribution in [2.45, 2.75) is 270 Å². The molecule has 0 spiro atoms. The van der Waals surface area contributed by atoms with Crippen LogP contribution in [0.25, 0.3) is 0 Å². The van der Waals surface area contributed by atoms with Gasteiger partial charge in [-0.3, -0.25) is 9.59 Å². The van der Waals surface area contributed by atoms with E-state index in [2.05, 4.69) is 98.9 Å². The highest BCUT2D eigenvalue weighted by molar-refractivity contribution is 5.70. The Balaban J connectivity index is 4.28. The number of ether oxygens (including phenoxy) is 4. The first-order chi connectivity index (χ1) is 36.6. The lowest BCUT2D eigenvalue weighted by Gasteiger charge is -2.26. The van der Waals surface area contributed by atoms with E-state index in [9.17, 15) is 19.5 Å². The minimum absolute atomic E-state index is 0.138. The van der Waals surface area contributed by atoms with Gasteiger partial charge in [-0.2, -0.15) is 0 Å². The van der Waals surface area contributed by atoms with E-state index >= 15 is 0 Å². The molecule has 0 fully saturated rings. The van der Waals surface area contributed by atoms with Crippen LogP contribution in [0.4, 0.5) is 0 Å². The van der Waals surface area contributed by atoms with E-state index in [-0.39, 0.29) is 38.6 Å². The summed E-state index contributed by atoms with van der Waals surface area (Å²) < 4.78 is 22.7. The van der Waals surface area contributed by atoms with Gasteiger partial charge in [0.15, 0.2) is 12.4 Å². The number of nitrogens with zero attached hydrogens (tertiary/aromatic N) is 1. The van der Waals surface area contributed by atoms with Gasteiger partial charge in [0.2, 0.25) is 0 Å². The molecule has 75 heavy (non-hydrogen) atoms. The van der Waals surface area contributed by atoms with Crippen LogP contribution in [0.1, 0.15) is 258 Å². The average molecular weight is 1050 g/mol. The Labute approximate surface area is 461 Å². The standard InChI is InChI=1S/C66H115NO8/c1-6-8-10-12-14-16-18-20-22-24-26-28-30-32-34-36-38-40-42-44-46-48-50-52-54-56-63(68)73-60-62(61-74-66(65(70)71)72-59-58-67(3,4)5)75-64(69)57-55-53-51-49-47-45-43-41-39-37-35-33-31-29-27-25-23-21-19-17-15-13-11-9-7-2/h9,11,15,17,21,23,27,29,33,35,39,41,45,47,62,66H,6-8,10,12-14,16,18-20,22,24-26,28,30-32,34,36-38,40,42-44,46,48-61H2,1-5H3/b11-9-,17-15-,23-21-,29-27-,35-33-,41-39-,47-45-. The summed E-state index contributed by atoms with van der Waals surface area (Å²) in [6, 6.07) is 0. The fraction of sp³-hybridized carbons (Fsp3) is 0.742. The summed E-state index contributed by atoms with van der Waals surface area (Å²) in [5, 5.41) is 11.8. The SMILES string of the molecule is CC/C=C\C/C=C\C/C=C\C/C=C\C/C=C\C/C=C\C/C=C\CCCCCC(=O)OC(COC(=O)CCCCCCCCCCCCCCCCCCCCCCCCCCC)COC(OCC[N+](C)(C)C)C(=O)[O-]. The lowest BCUT2D eigenvalue weighted by molar-refractivity contribution is -0.870. The zero-order valence-electron chi connectivity index (χ0n) is 49.1. The highest BCUT2D eigenvalue weighted by Gasteiger charge is 2.22. The normalized spacial score (nSPS) is 13.3. The van der Waals surface area contributed by atoms with Crippen LogP contribution >= 0.6 is 0 Å². The van der Waals surface area contributed by atoms with Crippen molar-refractivity contribution in [3.8, 4) is 0 Å². The van der Waals surface area contributed by atoms with E-state index in [1.807, 2.05) is 21.1 Å². The molecule has 0 amide bonds. The first-order valence-electron chi connectivity index (χ1n) is 30.7. The molecule has 0 aromatic carbocycles. The van der Waals surface area contributed by atoms with Crippen LogP contribution in [-0.4, -0.2) is 82.3 Å². The van der Waals surface area contributed by atoms with Crippen molar-refractivity contribution in [1.29, 1.82) is 0 Å². The number of hydrogen-bond donors (Lipinski definition) is 0. The van der Waals surface area contributed by atoms with Crippen LogP contribution < -0.4 is 5.11 Å². The second-order valence-electron chi connectivity index (χ2n) is 21.6. The Bertz CT molecular complexity index is 1500. The van der Waals surface area contributed by atoms with Crippen molar-refractivity contribution in [3.63, 3.8) is 0 Å². The molecule has 0 aliphatic rings. The number of quaternary nitrogens is 1. The summed E-state index contributed by atoms with van der Waals surface area (Å²) in [5.74, 6) is -2.32. The first-order valence-corrected chi connectivity index (χ1v) is 30.7. The summed E-state index contributed by atoms with van der Waals surface area (Å²) in [7, 11) is 5.91. The van der Waals surface area contributed by atoms with Crippen molar-refractivity contribution in [3.05, 3.63) is 85.1 Å². The van der Waals surface area contributed by atoms with Gasteiger partial charge < -0.3 is 33.3 Å². The minimum Gasteiger partial charge on any atom is -0.545 e. The topological polar surface area (TPSA) is 111 Å². The molecule has 0 heterocycles. The van der Waals surface area contributed by atoms with Crippen molar-refractivity contribution in [1.82, 2.24) is 0 Å². The molecule has 432 valence electrons. The quantitative estimate of drug-likeness (QED) is 0.0195. The Kier molecular flexibility index (Phi) is 54.0. The smallest absolute Gasteiger partial charge is 0.306 e. The van der Waals surface area contributed by atoms with Gasteiger partial charge in [0.25, 0.3) is 0 Å². The zero-order chi connectivity index (χ0) is 54.8. The summed E-state index contributed by atoms with van der Waals surface area (Å²) >= 11 is 0. The van der Waals surface area contributed by atoms with E-state index in [0.29, 0.717) is 17.4 Å². The van der Waals surface area contributed by atoms with E-state index in [4.69, 9.17) is 18.9 Å². The van der Waals surface area contributed by atoms with Crippen molar-refractivity contribution < 1.29 is 42.9 Å². The van der Waals surface area contributed by atoms with Gasteiger partial charge in [-0.15, -0.1) is 0 Å². The van der Waals surface area contributed by atoms with Gasteiger partial charge >= 0.3 is 11.9 Å². The van der Waals surface area contributed by atoms with Gasteiger partial charge in [-0.1, -0.05) is 259 Å². The van der Waals surface area contributed by atoms with E-state index in [1.165, 1.54) is 141 Å². The summed E-state index contributed by atoms with van der Waals surface area (Å²) in [6.07, 6.45) is 72.1. The fourth-order valence-corrected chi connectivity index (χ4v) is 8.46. The van der Waals surface area contributed by atoms with Crippen LogP contribution in [0.2, 0.25) is 0 Å². The molecule has 9 nitrogen and oxygen atoms in total. The minimum atomic E-state index is -1.63. The number of unbranched alkanes of at least 4 members (excludes halogenated alkanes) is 27. The van der Waals surface area contributed by atoms with Crippen LogP contribution in [0.15, 0.2) is 85.1 Å². The predicted octanol–water partition coefficient (Wildman–Crippen LogP) is 17.0. The molecule has 0 aliphatic carbocycles. The molecule has 0 aliphatic heterocycles. The largest absolute Gasteiger partial charge is 0.545 e. The molecule has 0 saturated heterocycles. The van der Waals surface area contributed by atoms with Gasteiger partial charge in [-0.25, -0.2) is 0 Å². The number of carboxylic acids is 1. The second-order valence-corrected chi connectivity index (χ2v) is 21.6. The molecule has 0 bridgehead atoms. The lowest BCUT2D eigenvalue weighted by atomic mass is 10.0. The maximum absolute atomic E-state index is 12.9. The predicted molar refractivity (Wildman–Crippen MR) is 315 cm³/mol. The number of esters is 2. The number of aliphatic carboxylic acids is 1. The Morgan fingerprint density at radius 1 is 0.413 bits per heavy atom. The number of carbonyl (C=O) groups excluding carboxylic acids is 3. The molecular weight excluding hydrogens is 935 g/mol. The summed E-state index contributed by atoms with van der Waals surface area (Å²) in [4.78, 5) is 37.3. The van der Waals surface area contributed by atoms with Gasteiger partial charge in [0.05, 0.1) is 40.3 Å². The maximum atomic E-state index is 12.9. The highest BCUT2D eigenvalue weighted by Crippen LogP contribution is 2.17. The van der Waals surface area contributed by atoms with Gasteiger partial charge in [0, 0.05) is 12.8 Å². The molecule has 0 radical (unpaired) electrons. The number of carboxylic acid groups (broad SMARTS) is 1. The number of likely N-dealkylation sites (N-methyl/N-ethyl adjacent to an activating group) is 1. The Hall–Kier alpha value is -3.53. The Morgan fingerprint density at radius 3 is 1.13 bits per heavy atom. The fourth-order valence-electron chi connectivity index (χ4n) is 8.46. The molecule has 0 aromatic rings. The molecular formula is C66H115NO8. The molecule has 0 aromatic heterocycles. The van der Waals surface area contributed by atoms with Crippen molar-refractivity contribution in [2.75, 3.05) is 47.5 Å². The second kappa shape index (κ2) is 56.7. The lowest BCUT2D eigenvalue weighted by Crippen LogP contribution is -2.44. The maximum Gasteiger partial charge on any atom is 0.306 e. The monoisotopic (exact) mass is 1050 g/mol. The van der Waals surface area contributed by atoms with Crippen LogP contribution in [0.5, 0.6) is 0 Å². The highest BCUT2D eigenvalue weighted by atomic mass is 16.7.